The average Bonchev–Trinajstić information content (AvgIpc) is 2.95. The van der Waals surface area contributed by atoms with Gasteiger partial charge in [0.1, 0.15) is 17.2 Å². The van der Waals surface area contributed by atoms with Crippen molar-refractivity contribution >= 4 is 27.4 Å². The third-order valence-corrected chi connectivity index (χ3v) is 3.81. The van der Waals surface area contributed by atoms with Crippen molar-refractivity contribution in [2.75, 3.05) is 5.73 Å². The second-order valence-corrected chi connectivity index (χ2v) is 6.08. The predicted molar refractivity (Wildman–Crippen MR) is 83.6 cm³/mol. The lowest BCUT2D eigenvalue weighted by molar-refractivity contribution is 0.605. The number of rotatable bonds is 2. The summed E-state index contributed by atoms with van der Waals surface area (Å²) in [5, 5.41) is 0. The SMILES string of the molecule is Cc1cc(Br)cn2c(N)c(-c3cncn3C(C)C)nc12. The Balaban J connectivity index is 2.30. The standard InChI is InChI=1S/C14H16BrN5/c1-8(2)20-7-17-5-11(20)12-13(16)19-6-10(15)4-9(3)14(19)18-12/h4-8H,16H2,1-3H3. The zero-order valence-electron chi connectivity index (χ0n) is 11.6. The number of hydrogen-bond donors (Lipinski definition) is 1. The van der Waals surface area contributed by atoms with Crippen molar-refractivity contribution in [2.45, 2.75) is 26.8 Å². The van der Waals surface area contributed by atoms with E-state index in [4.69, 9.17) is 10.7 Å². The van der Waals surface area contributed by atoms with Gasteiger partial charge in [0.25, 0.3) is 0 Å². The molecule has 0 aliphatic heterocycles. The molecule has 0 unspecified atom stereocenters. The Labute approximate surface area is 125 Å². The van der Waals surface area contributed by atoms with E-state index in [0.717, 1.165) is 27.1 Å². The molecular weight excluding hydrogens is 318 g/mol. The van der Waals surface area contributed by atoms with Gasteiger partial charge < -0.3 is 10.3 Å². The first-order valence-electron chi connectivity index (χ1n) is 6.45. The molecule has 0 aliphatic rings. The van der Waals surface area contributed by atoms with Crippen LogP contribution in [0, 0.1) is 6.92 Å². The fourth-order valence-corrected chi connectivity index (χ4v) is 2.92. The Kier molecular flexibility index (Phi) is 3.05. The summed E-state index contributed by atoms with van der Waals surface area (Å²) in [5.74, 6) is 0.631. The summed E-state index contributed by atoms with van der Waals surface area (Å²) in [4.78, 5) is 8.91. The molecule has 20 heavy (non-hydrogen) atoms. The lowest BCUT2D eigenvalue weighted by atomic mass is 10.3. The molecule has 5 nitrogen and oxygen atoms in total. The first-order valence-corrected chi connectivity index (χ1v) is 7.24. The minimum atomic E-state index is 0.310. The third-order valence-electron chi connectivity index (χ3n) is 3.37. The third kappa shape index (κ3) is 1.91. The second-order valence-electron chi connectivity index (χ2n) is 5.16. The Bertz CT molecular complexity index is 784. The van der Waals surface area contributed by atoms with Gasteiger partial charge in [0.15, 0.2) is 0 Å². The van der Waals surface area contributed by atoms with E-state index in [9.17, 15) is 0 Å². The van der Waals surface area contributed by atoms with Crippen molar-refractivity contribution in [1.29, 1.82) is 0 Å². The molecule has 3 aromatic heterocycles. The number of imidazole rings is 2. The number of nitrogens with zero attached hydrogens (tertiary/aromatic N) is 4. The van der Waals surface area contributed by atoms with Crippen LogP contribution >= 0.6 is 15.9 Å². The van der Waals surface area contributed by atoms with Gasteiger partial charge in [-0.3, -0.25) is 4.40 Å². The number of aromatic nitrogens is 4. The normalized spacial score (nSPS) is 11.7. The van der Waals surface area contributed by atoms with Gasteiger partial charge in [0.2, 0.25) is 0 Å². The summed E-state index contributed by atoms with van der Waals surface area (Å²) in [6, 6.07) is 2.34. The van der Waals surface area contributed by atoms with Crippen LogP contribution < -0.4 is 5.73 Å². The van der Waals surface area contributed by atoms with Crippen LogP contribution in [0.2, 0.25) is 0 Å². The maximum Gasteiger partial charge on any atom is 0.142 e. The Morgan fingerprint density at radius 2 is 2.10 bits per heavy atom. The van der Waals surface area contributed by atoms with E-state index in [1.807, 2.05) is 36.1 Å². The fraction of sp³-hybridized carbons (Fsp3) is 0.286. The summed E-state index contributed by atoms with van der Waals surface area (Å²) in [5.41, 5.74) is 9.94. The van der Waals surface area contributed by atoms with E-state index in [1.165, 1.54) is 0 Å². The number of hydrogen-bond acceptors (Lipinski definition) is 3. The van der Waals surface area contributed by atoms with Crippen molar-refractivity contribution in [3.63, 3.8) is 0 Å². The summed E-state index contributed by atoms with van der Waals surface area (Å²) >= 11 is 3.49. The monoisotopic (exact) mass is 333 g/mol. The van der Waals surface area contributed by atoms with Crippen LogP contribution in [-0.2, 0) is 0 Å². The molecule has 6 heteroatoms. The molecule has 0 radical (unpaired) electrons. The quantitative estimate of drug-likeness (QED) is 0.781. The average molecular weight is 334 g/mol. The molecule has 0 spiro atoms. The predicted octanol–water partition coefficient (Wildman–Crippen LogP) is 3.43. The topological polar surface area (TPSA) is 61.1 Å². The van der Waals surface area contributed by atoms with Crippen LogP contribution in [0.3, 0.4) is 0 Å². The molecule has 3 aromatic rings. The van der Waals surface area contributed by atoms with Gasteiger partial charge in [-0.2, -0.15) is 0 Å². The van der Waals surface area contributed by atoms with Crippen LogP contribution in [0.1, 0.15) is 25.5 Å². The van der Waals surface area contributed by atoms with Crippen LogP contribution in [-0.4, -0.2) is 18.9 Å². The number of aryl methyl sites for hydroxylation is 1. The molecule has 2 N–H and O–H groups in total. The van der Waals surface area contributed by atoms with Gasteiger partial charge in [0, 0.05) is 16.7 Å². The van der Waals surface area contributed by atoms with Gasteiger partial charge in [-0.25, -0.2) is 9.97 Å². The number of pyridine rings is 1. The summed E-state index contributed by atoms with van der Waals surface area (Å²) in [6.45, 7) is 6.24. The van der Waals surface area contributed by atoms with Crippen molar-refractivity contribution < 1.29 is 0 Å². The lowest BCUT2D eigenvalue weighted by Crippen LogP contribution is -2.02. The molecule has 0 atom stereocenters. The molecule has 3 heterocycles. The smallest absolute Gasteiger partial charge is 0.142 e. The Morgan fingerprint density at radius 1 is 1.35 bits per heavy atom. The van der Waals surface area contributed by atoms with Gasteiger partial charge in [-0.05, 0) is 48.3 Å². The highest BCUT2D eigenvalue weighted by Crippen LogP contribution is 2.30. The van der Waals surface area contributed by atoms with Crippen LogP contribution in [0.4, 0.5) is 5.82 Å². The number of fused-ring (bicyclic) bond motifs is 1. The van der Waals surface area contributed by atoms with E-state index in [1.54, 1.807) is 0 Å². The number of halogens is 1. The second kappa shape index (κ2) is 4.63. The Morgan fingerprint density at radius 3 is 2.80 bits per heavy atom. The molecular formula is C14H16BrN5. The highest BCUT2D eigenvalue weighted by molar-refractivity contribution is 9.10. The summed E-state index contributed by atoms with van der Waals surface area (Å²) in [6.07, 6.45) is 5.55. The van der Waals surface area contributed by atoms with Crippen LogP contribution in [0.25, 0.3) is 17.0 Å². The molecule has 0 saturated heterocycles. The highest BCUT2D eigenvalue weighted by Gasteiger charge is 2.17. The minimum Gasteiger partial charge on any atom is -0.383 e. The lowest BCUT2D eigenvalue weighted by Gasteiger charge is -2.10. The first kappa shape index (κ1) is 13.2. The Hall–Kier alpha value is -1.82. The molecule has 0 aromatic carbocycles. The molecule has 0 bridgehead atoms. The fourth-order valence-electron chi connectivity index (χ4n) is 2.37. The molecule has 3 rings (SSSR count). The van der Waals surface area contributed by atoms with Crippen LogP contribution in [0.15, 0.2) is 29.3 Å². The van der Waals surface area contributed by atoms with E-state index in [0.29, 0.717) is 11.9 Å². The van der Waals surface area contributed by atoms with E-state index >= 15 is 0 Å². The van der Waals surface area contributed by atoms with Crippen molar-refractivity contribution in [2.24, 2.45) is 0 Å². The van der Waals surface area contributed by atoms with Crippen molar-refractivity contribution in [1.82, 2.24) is 18.9 Å². The van der Waals surface area contributed by atoms with Crippen LogP contribution in [0.5, 0.6) is 0 Å². The molecule has 104 valence electrons. The van der Waals surface area contributed by atoms with Gasteiger partial charge in [-0.15, -0.1) is 0 Å². The van der Waals surface area contributed by atoms with E-state index in [2.05, 4.69) is 39.3 Å². The molecule has 0 aliphatic carbocycles. The number of nitrogens with two attached hydrogens (primary N) is 1. The highest BCUT2D eigenvalue weighted by atomic mass is 79.9. The van der Waals surface area contributed by atoms with Gasteiger partial charge in [0.05, 0.1) is 18.2 Å². The summed E-state index contributed by atoms with van der Waals surface area (Å²) in [7, 11) is 0. The van der Waals surface area contributed by atoms with E-state index in [-0.39, 0.29) is 0 Å². The van der Waals surface area contributed by atoms with Crippen molar-refractivity contribution in [3.05, 3.63) is 34.8 Å². The number of anilines is 1. The molecule has 0 amide bonds. The zero-order valence-corrected chi connectivity index (χ0v) is 13.2. The largest absolute Gasteiger partial charge is 0.383 e. The molecule has 0 saturated carbocycles. The van der Waals surface area contributed by atoms with E-state index < -0.39 is 0 Å². The van der Waals surface area contributed by atoms with Gasteiger partial charge >= 0.3 is 0 Å². The van der Waals surface area contributed by atoms with Gasteiger partial charge in [-0.1, -0.05) is 0 Å². The van der Waals surface area contributed by atoms with Crippen molar-refractivity contribution in [3.8, 4) is 11.4 Å². The first-order chi connectivity index (χ1) is 9.49. The maximum atomic E-state index is 6.28. The maximum absolute atomic E-state index is 6.28. The zero-order chi connectivity index (χ0) is 14.4. The molecule has 0 fully saturated rings. The minimum absolute atomic E-state index is 0.310. The number of nitrogen functional groups attached to an aromatic ring is 1. The summed E-state index contributed by atoms with van der Waals surface area (Å²) < 4.78 is 4.96.